The van der Waals surface area contributed by atoms with E-state index in [0.717, 1.165) is 0 Å². The molecule has 0 bridgehead atoms. The van der Waals surface area contributed by atoms with E-state index in [-0.39, 0.29) is 22.8 Å². The van der Waals surface area contributed by atoms with E-state index in [1.165, 1.54) is 18.2 Å². The molecule has 0 unspecified atom stereocenters. The first-order valence-corrected chi connectivity index (χ1v) is 6.40. The Bertz CT molecular complexity index is 513. The first-order valence-electron chi connectivity index (χ1n) is 6.02. The molecule has 2 rings (SSSR count). The largest absolute Gasteiger partial charge is 0.369 e. The number of nitrogens with two attached hydrogens (primary N) is 1. The summed E-state index contributed by atoms with van der Waals surface area (Å²) in [5.74, 6) is -1.24. The van der Waals surface area contributed by atoms with Crippen molar-refractivity contribution in [2.24, 2.45) is 11.7 Å². The Morgan fingerprint density at radius 2 is 1.95 bits per heavy atom. The predicted molar refractivity (Wildman–Crippen MR) is 69.2 cm³/mol. The summed E-state index contributed by atoms with van der Waals surface area (Å²) in [6.45, 7) is 0.947. The summed E-state index contributed by atoms with van der Waals surface area (Å²) in [6.07, 6.45) is 1.13. The van der Waals surface area contributed by atoms with E-state index in [1.54, 1.807) is 4.90 Å². The lowest BCUT2D eigenvalue weighted by Gasteiger charge is -2.30. The maximum atomic E-state index is 13.0. The third kappa shape index (κ3) is 3.04. The molecule has 4 nitrogen and oxygen atoms in total. The zero-order valence-corrected chi connectivity index (χ0v) is 11.0. The number of benzene rings is 1. The van der Waals surface area contributed by atoms with Gasteiger partial charge in [0, 0.05) is 24.6 Å². The number of piperidine rings is 1. The zero-order valence-electron chi connectivity index (χ0n) is 10.2. The fraction of sp³-hybridized carbons (Fsp3) is 0.385. The number of nitrogens with zero attached hydrogens (tertiary/aromatic N) is 1. The second-order valence-corrected chi connectivity index (χ2v) is 5.00. The number of halogens is 2. The number of carbonyl (C=O) groups is 2. The summed E-state index contributed by atoms with van der Waals surface area (Å²) < 4.78 is 13.0. The molecule has 0 aromatic heterocycles. The van der Waals surface area contributed by atoms with Crippen molar-refractivity contribution in [3.05, 3.63) is 34.6 Å². The van der Waals surface area contributed by atoms with Gasteiger partial charge in [0.05, 0.1) is 5.02 Å². The third-order valence-electron chi connectivity index (χ3n) is 3.35. The van der Waals surface area contributed by atoms with Crippen LogP contribution in [0.1, 0.15) is 23.2 Å². The van der Waals surface area contributed by atoms with Crippen molar-refractivity contribution < 1.29 is 14.0 Å². The molecule has 1 saturated heterocycles. The lowest BCUT2D eigenvalue weighted by Crippen LogP contribution is -2.41. The Morgan fingerprint density at radius 3 is 2.47 bits per heavy atom. The Balaban J connectivity index is 2.05. The number of likely N-dealkylation sites (tertiary alicyclic amines) is 1. The van der Waals surface area contributed by atoms with Gasteiger partial charge in [-0.15, -0.1) is 0 Å². The summed E-state index contributed by atoms with van der Waals surface area (Å²) in [4.78, 5) is 24.8. The molecule has 1 aliphatic rings. The van der Waals surface area contributed by atoms with Crippen molar-refractivity contribution in [3.63, 3.8) is 0 Å². The molecule has 6 heteroatoms. The first-order chi connectivity index (χ1) is 8.99. The van der Waals surface area contributed by atoms with Gasteiger partial charge in [-0.1, -0.05) is 11.6 Å². The summed E-state index contributed by atoms with van der Waals surface area (Å²) >= 11 is 5.65. The number of hydrogen-bond donors (Lipinski definition) is 1. The number of amides is 2. The second kappa shape index (κ2) is 5.57. The highest BCUT2D eigenvalue weighted by atomic mass is 35.5. The van der Waals surface area contributed by atoms with E-state index in [9.17, 15) is 14.0 Å². The predicted octanol–water partition coefficient (Wildman–Crippen LogP) is 1.82. The van der Waals surface area contributed by atoms with E-state index in [0.29, 0.717) is 31.5 Å². The fourth-order valence-electron chi connectivity index (χ4n) is 2.18. The second-order valence-electron chi connectivity index (χ2n) is 4.60. The standard InChI is InChI=1S/C13H14ClFN2O2/c14-10-7-9(1-2-11(10)15)13(19)17-5-3-8(4-6-17)12(16)18/h1-2,7-8H,3-6H2,(H2,16,18). The van der Waals surface area contributed by atoms with Crippen molar-refractivity contribution in [1.29, 1.82) is 0 Å². The van der Waals surface area contributed by atoms with Crippen LogP contribution >= 0.6 is 11.6 Å². The highest BCUT2D eigenvalue weighted by Crippen LogP contribution is 2.21. The van der Waals surface area contributed by atoms with Gasteiger partial charge < -0.3 is 10.6 Å². The molecule has 1 fully saturated rings. The van der Waals surface area contributed by atoms with Crippen LogP contribution in [-0.4, -0.2) is 29.8 Å². The Labute approximate surface area is 115 Å². The molecule has 0 radical (unpaired) electrons. The summed E-state index contributed by atoms with van der Waals surface area (Å²) in [5, 5.41) is -0.0714. The van der Waals surface area contributed by atoms with Gasteiger partial charge in [-0.05, 0) is 31.0 Å². The molecule has 102 valence electrons. The van der Waals surface area contributed by atoms with Crippen molar-refractivity contribution in [3.8, 4) is 0 Å². The summed E-state index contributed by atoms with van der Waals surface area (Å²) in [5.41, 5.74) is 5.59. The van der Waals surface area contributed by atoms with Crippen LogP contribution in [0.4, 0.5) is 4.39 Å². The lowest BCUT2D eigenvalue weighted by molar-refractivity contribution is -0.123. The normalized spacial score (nSPS) is 16.4. The number of rotatable bonds is 2. The average molecular weight is 285 g/mol. The van der Waals surface area contributed by atoms with Gasteiger partial charge in [-0.3, -0.25) is 9.59 Å². The van der Waals surface area contributed by atoms with Gasteiger partial charge in [-0.25, -0.2) is 4.39 Å². The molecule has 0 aliphatic carbocycles. The van der Waals surface area contributed by atoms with Crippen molar-refractivity contribution in [2.45, 2.75) is 12.8 Å². The SMILES string of the molecule is NC(=O)C1CCN(C(=O)c2ccc(F)c(Cl)c2)CC1. The number of primary amides is 1. The van der Waals surface area contributed by atoms with E-state index in [4.69, 9.17) is 17.3 Å². The topological polar surface area (TPSA) is 63.4 Å². The van der Waals surface area contributed by atoms with Gasteiger partial charge in [-0.2, -0.15) is 0 Å². The van der Waals surface area contributed by atoms with Crippen molar-refractivity contribution in [2.75, 3.05) is 13.1 Å². The molecule has 19 heavy (non-hydrogen) atoms. The zero-order chi connectivity index (χ0) is 14.0. The smallest absolute Gasteiger partial charge is 0.253 e. The molecule has 0 atom stereocenters. The van der Waals surface area contributed by atoms with E-state index in [2.05, 4.69) is 0 Å². The highest BCUT2D eigenvalue weighted by molar-refractivity contribution is 6.31. The van der Waals surface area contributed by atoms with E-state index >= 15 is 0 Å². The van der Waals surface area contributed by atoms with Crippen LogP contribution in [0.2, 0.25) is 5.02 Å². The van der Waals surface area contributed by atoms with Crippen molar-refractivity contribution >= 4 is 23.4 Å². The number of carbonyl (C=O) groups excluding carboxylic acids is 2. The molecular weight excluding hydrogens is 271 g/mol. The number of hydrogen-bond acceptors (Lipinski definition) is 2. The van der Waals surface area contributed by atoms with Gasteiger partial charge in [0.25, 0.3) is 5.91 Å². The molecule has 1 aliphatic heterocycles. The monoisotopic (exact) mass is 284 g/mol. The third-order valence-corrected chi connectivity index (χ3v) is 3.64. The molecule has 2 N–H and O–H groups in total. The van der Waals surface area contributed by atoms with E-state index < -0.39 is 5.82 Å². The van der Waals surface area contributed by atoms with Gasteiger partial charge >= 0.3 is 0 Å². The van der Waals surface area contributed by atoms with E-state index in [1.807, 2.05) is 0 Å². The van der Waals surface area contributed by atoms with Crippen molar-refractivity contribution in [1.82, 2.24) is 4.90 Å². The van der Waals surface area contributed by atoms with Gasteiger partial charge in [0.1, 0.15) is 5.82 Å². The molecule has 0 saturated carbocycles. The van der Waals surface area contributed by atoms with Crippen LogP contribution in [0.15, 0.2) is 18.2 Å². The maximum Gasteiger partial charge on any atom is 0.253 e. The van der Waals surface area contributed by atoms with Crippen LogP contribution in [0, 0.1) is 11.7 Å². The molecule has 1 heterocycles. The van der Waals surface area contributed by atoms with Gasteiger partial charge in [0.15, 0.2) is 0 Å². The maximum absolute atomic E-state index is 13.0. The minimum absolute atomic E-state index is 0.0714. The first kappa shape index (κ1) is 13.8. The molecular formula is C13H14ClFN2O2. The molecule has 1 aromatic rings. The Morgan fingerprint density at radius 1 is 1.32 bits per heavy atom. The minimum atomic E-state index is -0.550. The molecule has 2 amide bonds. The Kier molecular flexibility index (Phi) is 4.04. The van der Waals surface area contributed by atoms with Gasteiger partial charge in [0.2, 0.25) is 5.91 Å². The lowest BCUT2D eigenvalue weighted by atomic mass is 9.96. The quantitative estimate of drug-likeness (QED) is 0.900. The van der Waals surface area contributed by atoms with Crippen LogP contribution in [-0.2, 0) is 4.79 Å². The molecule has 1 aromatic carbocycles. The Hall–Kier alpha value is -1.62. The average Bonchev–Trinajstić information content (AvgIpc) is 2.41. The van der Waals surface area contributed by atoms with Crippen LogP contribution in [0.3, 0.4) is 0 Å². The fourth-order valence-corrected chi connectivity index (χ4v) is 2.36. The van der Waals surface area contributed by atoms with Crippen LogP contribution in [0.5, 0.6) is 0 Å². The minimum Gasteiger partial charge on any atom is -0.369 e. The summed E-state index contributed by atoms with van der Waals surface area (Å²) in [7, 11) is 0. The summed E-state index contributed by atoms with van der Waals surface area (Å²) in [6, 6.07) is 3.90. The van der Waals surface area contributed by atoms with Crippen LogP contribution < -0.4 is 5.73 Å². The van der Waals surface area contributed by atoms with Crippen LogP contribution in [0.25, 0.3) is 0 Å². The molecule has 0 spiro atoms. The highest BCUT2D eigenvalue weighted by Gasteiger charge is 2.26.